The molecular formula is C13H15F3N2O3. The Morgan fingerprint density at radius 3 is 2.29 bits per heavy atom. The number of rotatable bonds is 7. The van der Waals surface area contributed by atoms with Gasteiger partial charge < -0.3 is 10.4 Å². The van der Waals surface area contributed by atoms with Crippen molar-refractivity contribution in [1.82, 2.24) is 10.2 Å². The van der Waals surface area contributed by atoms with Crippen molar-refractivity contribution >= 4 is 11.9 Å². The molecule has 0 spiro atoms. The number of carboxylic acids is 1. The monoisotopic (exact) mass is 304 g/mol. The number of nitrogens with one attached hydrogen (secondary N) is 1. The SMILES string of the molecule is O=C(O)CN(CC(=O)NCc1ccccc1)CC(F)(F)F. The second-order valence-electron chi connectivity index (χ2n) is 4.42. The van der Waals surface area contributed by atoms with Crippen LogP contribution in [0.25, 0.3) is 0 Å². The zero-order valence-electron chi connectivity index (χ0n) is 11.1. The van der Waals surface area contributed by atoms with E-state index < -0.39 is 37.7 Å². The molecule has 0 aliphatic heterocycles. The highest BCUT2D eigenvalue weighted by molar-refractivity contribution is 5.79. The van der Waals surface area contributed by atoms with Crippen LogP contribution >= 0.6 is 0 Å². The average molecular weight is 304 g/mol. The van der Waals surface area contributed by atoms with Crippen LogP contribution in [0.5, 0.6) is 0 Å². The Kier molecular flexibility index (Phi) is 6.16. The van der Waals surface area contributed by atoms with Crippen LogP contribution in [0.3, 0.4) is 0 Å². The van der Waals surface area contributed by atoms with Gasteiger partial charge in [0.05, 0.1) is 19.6 Å². The highest BCUT2D eigenvalue weighted by Gasteiger charge is 2.32. The summed E-state index contributed by atoms with van der Waals surface area (Å²) in [5.74, 6) is -2.08. The Labute approximate surface area is 119 Å². The molecule has 0 aliphatic rings. The number of hydrogen-bond donors (Lipinski definition) is 2. The molecular weight excluding hydrogens is 289 g/mol. The zero-order valence-corrected chi connectivity index (χ0v) is 11.1. The summed E-state index contributed by atoms with van der Waals surface area (Å²) >= 11 is 0. The highest BCUT2D eigenvalue weighted by atomic mass is 19.4. The lowest BCUT2D eigenvalue weighted by molar-refractivity contribution is -0.155. The van der Waals surface area contributed by atoms with Gasteiger partial charge in [0.25, 0.3) is 0 Å². The van der Waals surface area contributed by atoms with E-state index in [4.69, 9.17) is 5.11 Å². The predicted octanol–water partition coefficient (Wildman–Crippen LogP) is 1.25. The maximum absolute atomic E-state index is 12.3. The summed E-state index contributed by atoms with van der Waals surface area (Å²) in [5.41, 5.74) is 0.798. The van der Waals surface area contributed by atoms with Gasteiger partial charge in [-0.1, -0.05) is 30.3 Å². The summed E-state index contributed by atoms with van der Waals surface area (Å²) in [7, 11) is 0. The van der Waals surface area contributed by atoms with E-state index in [9.17, 15) is 22.8 Å². The summed E-state index contributed by atoms with van der Waals surface area (Å²) in [6, 6.07) is 8.84. The molecule has 0 saturated heterocycles. The molecule has 0 atom stereocenters. The number of hydrogen-bond acceptors (Lipinski definition) is 3. The van der Waals surface area contributed by atoms with Crippen molar-refractivity contribution in [2.75, 3.05) is 19.6 Å². The molecule has 0 radical (unpaired) electrons. The lowest BCUT2D eigenvalue weighted by Crippen LogP contribution is -2.44. The number of carbonyl (C=O) groups excluding carboxylic acids is 1. The second kappa shape index (κ2) is 7.63. The molecule has 1 amide bonds. The van der Waals surface area contributed by atoms with Crippen LogP contribution in [0.2, 0.25) is 0 Å². The molecule has 1 aromatic carbocycles. The van der Waals surface area contributed by atoms with Gasteiger partial charge in [-0.15, -0.1) is 0 Å². The predicted molar refractivity (Wildman–Crippen MR) is 68.4 cm³/mol. The summed E-state index contributed by atoms with van der Waals surface area (Å²) in [6.45, 7) is -2.75. The number of aliphatic carboxylic acids is 1. The van der Waals surface area contributed by atoms with E-state index >= 15 is 0 Å². The molecule has 1 rings (SSSR count). The molecule has 0 unspecified atom stereocenters. The van der Waals surface area contributed by atoms with Gasteiger partial charge in [0, 0.05) is 6.54 Å². The van der Waals surface area contributed by atoms with Crippen LogP contribution in [0.15, 0.2) is 30.3 Å². The topological polar surface area (TPSA) is 69.6 Å². The summed E-state index contributed by atoms with van der Waals surface area (Å²) in [6.07, 6.45) is -4.56. The molecule has 21 heavy (non-hydrogen) atoms. The lowest BCUT2D eigenvalue weighted by Gasteiger charge is -2.21. The highest BCUT2D eigenvalue weighted by Crippen LogP contribution is 2.16. The van der Waals surface area contributed by atoms with E-state index in [2.05, 4.69) is 5.32 Å². The number of amides is 1. The average Bonchev–Trinajstić information content (AvgIpc) is 2.34. The van der Waals surface area contributed by atoms with E-state index in [1.807, 2.05) is 0 Å². The minimum atomic E-state index is -4.56. The van der Waals surface area contributed by atoms with Gasteiger partial charge in [-0.3, -0.25) is 14.5 Å². The molecule has 0 saturated carbocycles. The third kappa shape index (κ3) is 7.93. The van der Waals surface area contributed by atoms with Gasteiger partial charge in [0.2, 0.25) is 5.91 Å². The van der Waals surface area contributed by atoms with Gasteiger partial charge in [-0.25, -0.2) is 0 Å². The largest absolute Gasteiger partial charge is 0.480 e. The molecule has 0 aromatic heterocycles. The van der Waals surface area contributed by atoms with Crippen molar-refractivity contribution in [1.29, 1.82) is 0 Å². The van der Waals surface area contributed by atoms with E-state index in [-0.39, 0.29) is 6.54 Å². The number of alkyl halides is 3. The fourth-order valence-electron chi connectivity index (χ4n) is 1.67. The van der Waals surface area contributed by atoms with Gasteiger partial charge in [-0.05, 0) is 5.56 Å². The quantitative estimate of drug-likeness (QED) is 0.795. The van der Waals surface area contributed by atoms with Gasteiger partial charge in [0.1, 0.15) is 0 Å². The minimum absolute atomic E-state index is 0.173. The molecule has 0 heterocycles. The molecule has 8 heteroatoms. The molecule has 0 fully saturated rings. The van der Waals surface area contributed by atoms with Gasteiger partial charge in [-0.2, -0.15) is 13.2 Å². The van der Waals surface area contributed by atoms with E-state index in [0.29, 0.717) is 4.90 Å². The number of carbonyl (C=O) groups is 2. The molecule has 0 aliphatic carbocycles. The zero-order chi connectivity index (χ0) is 15.9. The van der Waals surface area contributed by atoms with E-state index in [0.717, 1.165) is 5.56 Å². The summed E-state index contributed by atoms with van der Waals surface area (Å²) in [4.78, 5) is 22.6. The van der Waals surface area contributed by atoms with Crippen LogP contribution in [0.4, 0.5) is 13.2 Å². The molecule has 1 aromatic rings. The van der Waals surface area contributed by atoms with Crippen molar-refractivity contribution in [2.45, 2.75) is 12.7 Å². The Morgan fingerprint density at radius 2 is 1.76 bits per heavy atom. The van der Waals surface area contributed by atoms with Gasteiger partial charge in [0.15, 0.2) is 0 Å². The van der Waals surface area contributed by atoms with Crippen LogP contribution in [0.1, 0.15) is 5.56 Å². The molecule has 0 bridgehead atoms. The summed E-state index contributed by atoms with van der Waals surface area (Å²) < 4.78 is 36.9. The van der Waals surface area contributed by atoms with Crippen molar-refractivity contribution in [2.24, 2.45) is 0 Å². The molecule has 116 valence electrons. The van der Waals surface area contributed by atoms with Crippen LogP contribution in [-0.2, 0) is 16.1 Å². The Bertz CT molecular complexity index is 477. The van der Waals surface area contributed by atoms with E-state index in [1.165, 1.54) is 0 Å². The third-order valence-electron chi connectivity index (χ3n) is 2.46. The summed E-state index contributed by atoms with van der Waals surface area (Å²) in [5, 5.41) is 11.0. The fourth-order valence-corrected chi connectivity index (χ4v) is 1.67. The molecule has 2 N–H and O–H groups in total. The first-order valence-corrected chi connectivity index (χ1v) is 6.08. The number of nitrogens with zero attached hydrogens (tertiary/aromatic N) is 1. The normalized spacial score (nSPS) is 11.4. The Balaban J connectivity index is 2.49. The number of benzene rings is 1. The minimum Gasteiger partial charge on any atom is -0.480 e. The second-order valence-corrected chi connectivity index (χ2v) is 4.42. The van der Waals surface area contributed by atoms with Gasteiger partial charge >= 0.3 is 12.1 Å². The maximum Gasteiger partial charge on any atom is 0.401 e. The van der Waals surface area contributed by atoms with E-state index in [1.54, 1.807) is 30.3 Å². The maximum atomic E-state index is 12.3. The molecule has 5 nitrogen and oxygen atoms in total. The van der Waals surface area contributed by atoms with Crippen LogP contribution < -0.4 is 5.32 Å². The first-order valence-electron chi connectivity index (χ1n) is 6.08. The van der Waals surface area contributed by atoms with Crippen molar-refractivity contribution in [3.05, 3.63) is 35.9 Å². The Hall–Kier alpha value is -2.09. The van der Waals surface area contributed by atoms with Crippen molar-refractivity contribution in [3.8, 4) is 0 Å². The van der Waals surface area contributed by atoms with Crippen molar-refractivity contribution < 1.29 is 27.9 Å². The smallest absolute Gasteiger partial charge is 0.401 e. The number of halogens is 3. The Morgan fingerprint density at radius 1 is 1.14 bits per heavy atom. The lowest BCUT2D eigenvalue weighted by atomic mass is 10.2. The van der Waals surface area contributed by atoms with Crippen molar-refractivity contribution in [3.63, 3.8) is 0 Å². The number of carboxylic acid groups (broad SMARTS) is 1. The standard InChI is InChI=1S/C13H15F3N2O3/c14-13(15,16)9-18(8-12(20)21)7-11(19)17-6-10-4-2-1-3-5-10/h1-5H,6-9H2,(H,17,19)(H,20,21). The first kappa shape index (κ1) is 17.0. The first-order chi connectivity index (χ1) is 9.76. The third-order valence-corrected chi connectivity index (χ3v) is 2.46. The van der Waals surface area contributed by atoms with Crippen LogP contribution in [-0.4, -0.2) is 47.7 Å². The van der Waals surface area contributed by atoms with Crippen LogP contribution in [0, 0.1) is 0 Å². The fraction of sp³-hybridized carbons (Fsp3) is 0.385.